The van der Waals surface area contributed by atoms with Gasteiger partial charge in [-0.05, 0) is 67.6 Å². The zero-order valence-electron chi connectivity index (χ0n) is 16.4. The molecule has 2 bridgehead atoms. The van der Waals surface area contributed by atoms with E-state index in [1.54, 1.807) is 0 Å². The molecule has 1 saturated heterocycles. The molecule has 1 amide bonds. The lowest BCUT2D eigenvalue weighted by atomic mass is 9.62. The minimum Gasteiger partial charge on any atom is -0.373 e. The Morgan fingerprint density at radius 2 is 1.89 bits per heavy atom. The van der Waals surface area contributed by atoms with Crippen LogP contribution in [0.2, 0.25) is 0 Å². The Kier molecular flexibility index (Phi) is 4.32. The highest BCUT2D eigenvalue weighted by Gasteiger charge is 2.54. The van der Waals surface area contributed by atoms with Gasteiger partial charge < -0.3 is 15.4 Å². The Morgan fingerprint density at radius 1 is 1.19 bits per heavy atom. The van der Waals surface area contributed by atoms with Crippen molar-refractivity contribution in [1.29, 1.82) is 0 Å². The highest BCUT2D eigenvalue weighted by molar-refractivity contribution is 5.92. The number of methoxy groups -OCH3 is 1. The van der Waals surface area contributed by atoms with Crippen molar-refractivity contribution in [2.45, 2.75) is 44.1 Å². The molecule has 1 heterocycles. The van der Waals surface area contributed by atoms with Crippen molar-refractivity contribution in [2.24, 2.45) is 35.3 Å². The van der Waals surface area contributed by atoms with Gasteiger partial charge in [0.25, 0.3) is 0 Å². The molecule has 4 nitrogen and oxygen atoms in total. The summed E-state index contributed by atoms with van der Waals surface area (Å²) >= 11 is 0. The molecule has 0 spiro atoms. The minimum absolute atomic E-state index is 0.266. The summed E-state index contributed by atoms with van der Waals surface area (Å²) in [6.45, 7) is 3.52. The minimum atomic E-state index is -0.356. The Labute approximate surface area is 162 Å². The number of hydrogen-bond donors (Lipinski definition) is 1. The lowest BCUT2D eigenvalue weighted by Crippen LogP contribution is -2.59. The topological polar surface area (TPSA) is 55.6 Å². The van der Waals surface area contributed by atoms with Crippen LogP contribution in [0.5, 0.6) is 0 Å². The van der Waals surface area contributed by atoms with Gasteiger partial charge in [0.15, 0.2) is 0 Å². The third-order valence-corrected chi connectivity index (χ3v) is 8.07. The number of nitrogens with zero attached hydrogens (tertiary/aromatic N) is 1. The van der Waals surface area contributed by atoms with Gasteiger partial charge in [0.1, 0.15) is 5.60 Å². The van der Waals surface area contributed by atoms with E-state index in [4.69, 9.17) is 10.5 Å². The maximum Gasteiger partial charge on any atom is 0.248 e. The largest absolute Gasteiger partial charge is 0.373 e. The molecule has 0 radical (unpaired) electrons. The van der Waals surface area contributed by atoms with E-state index in [1.807, 2.05) is 25.3 Å². The average molecular weight is 369 g/mol. The Hall–Kier alpha value is -1.39. The smallest absolute Gasteiger partial charge is 0.248 e. The van der Waals surface area contributed by atoms with Gasteiger partial charge in [-0.1, -0.05) is 18.6 Å². The number of amides is 1. The van der Waals surface area contributed by atoms with Crippen LogP contribution in [0, 0.1) is 29.6 Å². The number of likely N-dealkylation sites (tertiary alicyclic amines) is 1. The van der Waals surface area contributed by atoms with E-state index < -0.39 is 0 Å². The van der Waals surface area contributed by atoms with Crippen LogP contribution in [0.15, 0.2) is 24.3 Å². The summed E-state index contributed by atoms with van der Waals surface area (Å²) in [6.07, 6.45) is 8.14. The molecule has 27 heavy (non-hydrogen) atoms. The predicted octanol–water partition coefficient (Wildman–Crippen LogP) is 3.41. The summed E-state index contributed by atoms with van der Waals surface area (Å²) < 4.78 is 6.33. The molecular weight excluding hydrogens is 336 g/mol. The van der Waals surface area contributed by atoms with E-state index in [2.05, 4.69) is 11.0 Å². The molecule has 1 aliphatic heterocycles. The number of carbonyl (C=O) groups excluding carboxylic acids is 1. The number of carbonyl (C=O) groups is 1. The van der Waals surface area contributed by atoms with Crippen molar-refractivity contribution in [2.75, 3.05) is 26.7 Å². The highest BCUT2D eigenvalue weighted by atomic mass is 16.5. The predicted molar refractivity (Wildman–Crippen MR) is 105 cm³/mol. The van der Waals surface area contributed by atoms with E-state index in [-0.39, 0.29) is 11.5 Å². The van der Waals surface area contributed by atoms with Crippen molar-refractivity contribution in [3.05, 3.63) is 35.4 Å². The molecule has 5 atom stereocenters. The standard InChI is InChI=1S/C23H32N2O2/c1-27-23(19-5-2-4-16(11-19)22(24)26)20-6-3-7-21(23)14-25(13-20)12-15-8-17-10-18(17)9-15/h2,4-5,11,15,17-18,20-21H,3,6-10,12-14H2,1H3,(H2,24,26)/t15-,17+,18-,20?,21?,23?. The maximum absolute atomic E-state index is 11.7. The summed E-state index contributed by atoms with van der Waals surface area (Å²) in [7, 11) is 1.86. The number of rotatable bonds is 5. The zero-order chi connectivity index (χ0) is 18.6. The summed E-state index contributed by atoms with van der Waals surface area (Å²) in [5, 5.41) is 0. The SMILES string of the molecule is COC1(c2cccc(C(N)=O)c2)C2CCCC1CN(C[C@H]1C[C@@H]3C[C@@H]3C1)C2. The van der Waals surface area contributed by atoms with Crippen molar-refractivity contribution in [3.8, 4) is 0 Å². The summed E-state index contributed by atoms with van der Waals surface area (Å²) in [5.74, 6) is 3.68. The van der Waals surface area contributed by atoms with Crippen molar-refractivity contribution in [1.82, 2.24) is 4.90 Å². The Balaban J connectivity index is 1.40. The molecule has 0 aromatic heterocycles. The number of hydrogen-bond acceptors (Lipinski definition) is 3. The normalized spacial score (nSPS) is 40.6. The maximum atomic E-state index is 11.7. The first kappa shape index (κ1) is 17.7. The van der Waals surface area contributed by atoms with Crippen LogP contribution in [0.4, 0.5) is 0 Å². The van der Waals surface area contributed by atoms with Gasteiger partial charge in [0.05, 0.1) is 0 Å². The molecule has 4 fully saturated rings. The molecule has 3 saturated carbocycles. The van der Waals surface area contributed by atoms with Gasteiger partial charge in [-0.2, -0.15) is 0 Å². The number of primary amides is 1. The molecule has 4 aliphatic rings. The van der Waals surface area contributed by atoms with E-state index in [1.165, 1.54) is 45.1 Å². The molecular formula is C23H32N2O2. The van der Waals surface area contributed by atoms with Crippen LogP contribution in [0.3, 0.4) is 0 Å². The van der Waals surface area contributed by atoms with Gasteiger partial charge in [0, 0.05) is 44.1 Å². The van der Waals surface area contributed by atoms with Gasteiger partial charge in [-0.3, -0.25) is 4.79 Å². The molecule has 2 unspecified atom stereocenters. The van der Waals surface area contributed by atoms with E-state index in [0.29, 0.717) is 17.4 Å². The van der Waals surface area contributed by atoms with Crippen LogP contribution in [0.25, 0.3) is 0 Å². The van der Waals surface area contributed by atoms with E-state index >= 15 is 0 Å². The van der Waals surface area contributed by atoms with Gasteiger partial charge in [-0.25, -0.2) is 0 Å². The van der Waals surface area contributed by atoms with Crippen molar-refractivity contribution < 1.29 is 9.53 Å². The molecule has 3 aliphatic carbocycles. The highest BCUT2D eigenvalue weighted by Crippen LogP contribution is 2.55. The van der Waals surface area contributed by atoms with Gasteiger partial charge in [-0.15, -0.1) is 0 Å². The number of nitrogens with two attached hydrogens (primary N) is 1. The molecule has 4 heteroatoms. The first-order chi connectivity index (χ1) is 13.1. The number of benzene rings is 1. The quantitative estimate of drug-likeness (QED) is 0.866. The average Bonchev–Trinajstić information content (AvgIpc) is 3.27. The fourth-order valence-corrected chi connectivity index (χ4v) is 6.87. The number of ether oxygens (including phenoxy) is 1. The van der Waals surface area contributed by atoms with Crippen LogP contribution in [-0.4, -0.2) is 37.6 Å². The molecule has 146 valence electrons. The second kappa shape index (κ2) is 6.59. The third-order valence-electron chi connectivity index (χ3n) is 8.07. The van der Waals surface area contributed by atoms with Crippen LogP contribution in [0.1, 0.15) is 54.4 Å². The number of piperidine rings is 1. The molecule has 1 aromatic carbocycles. The number of fused-ring (bicyclic) bond motifs is 3. The summed E-state index contributed by atoms with van der Waals surface area (Å²) in [5.41, 5.74) is 7.03. The molecule has 5 rings (SSSR count). The first-order valence-electron chi connectivity index (χ1n) is 10.8. The van der Waals surface area contributed by atoms with Crippen molar-refractivity contribution >= 4 is 5.91 Å². The first-order valence-corrected chi connectivity index (χ1v) is 10.8. The Morgan fingerprint density at radius 3 is 2.52 bits per heavy atom. The van der Waals surface area contributed by atoms with E-state index in [9.17, 15) is 4.79 Å². The second-order valence-corrected chi connectivity index (χ2v) is 9.58. The van der Waals surface area contributed by atoms with Crippen LogP contribution < -0.4 is 5.73 Å². The summed E-state index contributed by atoms with van der Waals surface area (Å²) in [4.78, 5) is 14.5. The van der Waals surface area contributed by atoms with Gasteiger partial charge >= 0.3 is 0 Å². The lowest BCUT2D eigenvalue weighted by molar-refractivity contribution is -0.170. The van der Waals surface area contributed by atoms with Gasteiger partial charge in [0.2, 0.25) is 5.91 Å². The third kappa shape index (κ3) is 2.92. The molecule has 1 aromatic rings. The molecule has 2 N–H and O–H groups in total. The summed E-state index contributed by atoms with van der Waals surface area (Å²) in [6, 6.07) is 7.90. The monoisotopic (exact) mass is 368 g/mol. The van der Waals surface area contributed by atoms with E-state index in [0.717, 1.165) is 36.4 Å². The zero-order valence-corrected chi connectivity index (χ0v) is 16.4. The Bertz CT molecular complexity index is 709. The fraction of sp³-hybridized carbons (Fsp3) is 0.696. The second-order valence-electron chi connectivity index (χ2n) is 9.58. The van der Waals surface area contributed by atoms with Crippen LogP contribution >= 0.6 is 0 Å². The van der Waals surface area contributed by atoms with Crippen LogP contribution in [-0.2, 0) is 10.3 Å². The van der Waals surface area contributed by atoms with Crippen molar-refractivity contribution in [3.63, 3.8) is 0 Å². The fourth-order valence-electron chi connectivity index (χ4n) is 6.87. The lowest BCUT2D eigenvalue weighted by Gasteiger charge is -2.55.